The van der Waals surface area contributed by atoms with Crippen molar-refractivity contribution < 1.29 is 9.59 Å². The Balaban J connectivity index is 1.93. The summed E-state index contributed by atoms with van der Waals surface area (Å²) in [6, 6.07) is 8.84. The summed E-state index contributed by atoms with van der Waals surface area (Å²) in [5, 5.41) is 5.21. The molecule has 5 heteroatoms. The number of amides is 1. The topological polar surface area (TPSA) is 46.2 Å². The maximum Gasteiger partial charge on any atom is 0.235 e. The van der Waals surface area contributed by atoms with Crippen molar-refractivity contribution in [2.24, 2.45) is 5.92 Å². The third-order valence-corrected chi connectivity index (χ3v) is 4.27. The van der Waals surface area contributed by atoms with Crippen LogP contribution in [0.1, 0.15) is 15.2 Å². The number of thiophene rings is 1. The Morgan fingerprint density at radius 2 is 2.21 bits per heavy atom. The van der Waals surface area contributed by atoms with Gasteiger partial charge in [-0.15, -0.1) is 11.3 Å². The molecule has 1 unspecified atom stereocenters. The van der Waals surface area contributed by atoms with E-state index in [4.69, 9.17) is 11.6 Å². The van der Waals surface area contributed by atoms with E-state index in [1.807, 2.05) is 11.4 Å². The second-order valence-electron chi connectivity index (χ2n) is 4.39. The third kappa shape index (κ3) is 2.29. The molecule has 2 aromatic rings. The van der Waals surface area contributed by atoms with E-state index < -0.39 is 5.92 Å². The van der Waals surface area contributed by atoms with Crippen LogP contribution in [0.4, 0.5) is 5.69 Å². The van der Waals surface area contributed by atoms with E-state index in [1.54, 1.807) is 24.3 Å². The number of carbonyl (C=O) groups is 2. The molecule has 0 spiro atoms. The number of fused-ring (bicyclic) bond motifs is 1. The van der Waals surface area contributed by atoms with Gasteiger partial charge in [-0.25, -0.2) is 0 Å². The molecule has 1 aliphatic rings. The van der Waals surface area contributed by atoms with Crippen LogP contribution >= 0.6 is 22.9 Å². The lowest BCUT2D eigenvalue weighted by molar-refractivity contribution is -0.118. The van der Waals surface area contributed by atoms with Gasteiger partial charge >= 0.3 is 0 Å². The molecule has 1 aliphatic heterocycles. The van der Waals surface area contributed by atoms with E-state index in [1.165, 1.54) is 11.3 Å². The van der Waals surface area contributed by atoms with Crippen molar-refractivity contribution in [3.63, 3.8) is 0 Å². The Morgan fingerprint density at radius 1 is 1.37 bits per heavy atom. The van der Waals surface area contributed by atoms with Crippen molar-refractivity contribution in [3.05, 3.63) is 51.2 Å². The van der Waals surface area contributed by atoms with Crippen molar-refractivity contribution in [2.75, 3.05) is 5.32 Å². The zero-order valence-electron chi connectivity index (χ0n) is 9.85. The highest BCUT2D eigenvalue weighted by molar-refractivity contribution is 7.12. The van der Waals surface area contributed by atoms with E-state index in [9.17, 15) is 9.59 Å². The van der Waals surface area contributed by atoms with Crippen molar-refractivity contribution in [3.8, 4) is 0 Å². The number of halogens is 1. The zero-order chi connectivity index (χ0) is 13.4. The van der Waals surface area contributed by atoms with Crippen LogP contribution in [0.2, 0.25) is 5.02 Å². The van der Waals surface area contributed by atoms with Crippen LogP contribution in [0.15, 0.2) is 35.7 Å². The fourth-order valence-electron chi connectivity index (χ4n) is 2.19. The summed E-state index contributed by atoms with van der Waals surface area (Å²) in [4.78, 5) is 24.9. The average Bonchev–Trinajstić information content (AvgIpc) is 2.91. The zero-order valence-corrected chi connectivity index (χ0v) is 11.4. The summed E-state index contributed by atoms with van der Waals surface area (Å²) in [6.45, 7) is 0. The van der Waals surface area contributed by atoms with Crippen LogP contribution in [0, 0.1) is 5.92 Å². The molecule has 0 aliphatic carbocycles. The molecule has 1 aromatic heterocycles. The van der Waals surface area contributed by atoms with Gasteiger partial charge in [-0.05, 0) is 41.6 Å². The van der Waals surface area contributed by atoms with Gasteiger partial charge < -0.3 is 5.32 Å². The van der Waals surface area contributed by atoms with Gasteiger partial charge in [0, 0.05) is 10.7 Å². The lowest BCUT2D eigenvalue weighted by Crippen LogP contribution is -2.35. The minimum absolute atomic E-state index is 0.127. The average molecular weight is 292 g/mol. The van der Waals surface area contributed by atoms with Crippen LogP contribution in [0.25, 0.3) is 0 Å². The molecule has 1 N–H and O–H groups in total. The van der Waals surface area contributed by atoms with Crippen molar-refractivity contribution in [1.82, 2.24) is 0 Å². The molecule has 1 atom stereocenters. The number of ketones is 1. The van der Waals surface area contributed by atoms with E-state index in [2.05, 4.69) is 5.32 Å². The molecule has 96 valence electrons. The highest BCUT2D eigenvalue weighted by Crippen LogP contribution is 2.30. The van der Waals surface area contributed by atoms with E-state index in [0.717, 1.165) is 11.3 Å². The smallest absolute Gasteiger partial charge is 0.235 e. The Kier molecular flexibility index (Phi) is 3.12. The molecule has 0 fully saturated rings. The molecule has 0 radical (unpaired) electrons. The molecule has 1 amide bonds. The maximum atomic E-state index is 12.3. The fraction of sp³-hybridized carbons (Fsp3) is 0.143. The number of hydrogen-bond donors (Lipinski definition) is 1. The first-order valence-electron chi connectivity index (χ1n) is 5.82. The van der Waals surface area contributed by atoms with E-state index in [0.29, 0.717) is 16.3 Å². The molecule has 1 aromatic carbocycles. The summed E-state index contributed by atoms with van der Waals surface area (Å²) in [5.74, 6) is -1.03. The van der Waals surface area contributed by atoms with E-state index in [-0.39, 0.29) is 11.7 Å². The first-order valence-corrected chi connectivity index (χ1v) is 7.08. The number of anilines is 1. The van der Waals surface area contributed by atoms with Gasteiger partial charge in [0.15, 0.2) is 5.78 Å². The SMILES string of the molecule is O=C1Nc2ccc(Cl)cc2CC1C(=O)c1cccs1. The van der Waals surface area contributed by atoms with Gasteiger partial charge in [-0.3, -0.25) is 9.59 Å². The Labute approximate surface area is 119 Å². The molecule has 3 nitrogen and oxygen atoms in total. The molecular weight excluding hydrogens is 282 g/mol. The van der Waals surface area contributed by atoms with Crippen LogP contribution in [-0.2, 0) is 11.2 Å². The van der Waals surface area contributed by atoms with Crippen LogP contribution in [0.3, 0.4) is 0 Å². The number of rotatable bonds is 2. The highest BCUT2D eigenvalue weighted by Gasteiger charge is 2.33. The van der Waals surface area contributed by atoms with Crippen molar-refractivity contribution >= 4 is 40.3 Å². The second-order valence-corrected chi connectivity index (χ2v) is 5.77. The summed E-state index contributed by atoms with van der Waals surface area (Å²) < 4.78 is 0. The minimum Gasteiger partial charge on any atom is -0.325 e. The second kappa shape index (κ2) is 4.79. The van der Waals surface area contributed by atoms with Gasteiger partial charge in [-0.1, -0.05) is 17.7 Å². The van der Waals surface area contributed by atoms with E-state index >= 15 is 0 Å². The standard InChI is InChI=1S/C14H10ClNO2S/c15-9-3-4-11-8(6-9)7-10(14(18)16-11)13(17)12-2-1-5-19-12/h1-6,10H,7H2,(H,16,18). The summed E-state index contributed by atoms with van der Waals surface area (Å²) >= 11 is 7.30. The molecule has 0 saturated carbocycles. The quantitative estimate of drug-likeness (QED) is 0.681. The van der Waals surface area contributed by atoms with Gasteiger partial charge in [0.25, 0.3) is 0 Å². The Bertz CT molecular complexity index is 651. The molecule has 3 rings (SSSR count). The summed E-state index contributed by atoms with van der Waals surface area (Å²) in [6.07, 6.45) is 0.401. The molecule has 0 bridgehead atoms. The third-order valence-electron chi connectivity index (χ3n) is 3.15. The van der Waals surface area contributed by atoms with Gasteiger partial charge in [0.2, 0.25) is 5.91 Å². The first kappa shape index (κ1) is 12.4. The lowest BCUT2D eigenvalue weighted by atomic mass is 9.89. The Hall–Kier alpha value is -1.65. The molecule has 19 heavy (non-hydrogen) atoms. The normalized spacial score (nSPS) is 17.7. The number of benzene rings is 1. The predicted molar refractivity (Wildman–Crippen MR) is 75.9 cm³/mol. The minimum atomic E-state index is -0.662. The van der Waals surface area contributed by atoms with Crippen LogP contribution < -0.4 is 5.32 Å². The maximum absolute atomic E-state index is 12.3. The van der Waals surface area contributed by atoms with Crippen molar-refractivity contribution in [2.45, 2.75) is 6.42 Å². The number of Topliss-reactive ketones (excluding diaryl/α,β-unsaturated/α-hetero) is 1. The first-order chi connectivity index (χ1) is 9.15. The fourth-order valence-corrected chi connectivity index (χ4v) is 3.10. The van der Waals surface area contributed by atoms with Gasteiger partial charge in [-0.2, -0.15) is 0 Å². The molecular formula is C14H10ClNO2S. The Morgan fingerprint density at radius 3 is 2.95 bits per heavy atom. The number of carbonyl (C=O) groups excluding carboxylic acids is 2. The van der Waals surface area contributed by atoms with Crippen LogP contribution in [0.5, 0.6) is 0 Å². The van der Waals surface area contributed by atoms with Gasteiger partial charge in [0.05, 0.1) is 4.88 Å². The number of hydrogen-bond acceptors (Lipinski definition) is 3. The summed E-state index contributed by atoms with van der Waals surface area (Å²) in [7, 11) is 0. The van der Waals surface area contributed by atoms with Crippen molar-refractivity contribution in [1.29, 1.82) is 0 Å². The van der Waals surface area contributed by atoms with Gasteiger partial charge in [0.1, 0.15) is 5.92 Å². The number of nitrogens with one attached hydrogen (secondary N) is 1. The molecule has 2 heterocycles. The predicted octanol–water partition coefficient (Wildman–Crippen LogP) is 3.40. The monoisotopic (exact) mass is 291 g/mol. The highest BCUT2D eigenvalue weighted by atomic mass is 35.5. The lowest BCUT2D eigenvalue weighted by Gasteiger charge is -2.23. The summed E-state index contributed by atoms with van der Waals surface area (Å²) in [5.41, 5.74) is 1.65. The van der Waals surface area contributed by atoms with Crippen LogP contribution in [-0.4, -0.2) is 11.7 Å². The molecule has 0 saturated heterocycles. The largest absolute Gasteiger partial charge is 0.325 e.